The number of nitrogens with two attached hydrogens (primary N) is 1. The molecule has 0 atom stereocenters. The molecule has 0 aromatic carbocycles. The van der Waals surface area contributed by atoms with E-state index in [9.17, 15) is 4.79 Å². The maximum absolute atomic E-state index is 11.0. The third-order valence-corrected chi connectivity index (χ3v) is 2.12. The molecule has 0 saturated heterocycles. The second-order valence-corrected chi connectivity index (χ2v) is 4.57. The van der Waals surface area contributed by atoms with Crippen LogP contribution in [0.3, 0.4) is 0 Å². The second kappa shape index (κ2) is 3.88. The smallest absolute Gasteiger partial charge is 0.175 e. The van der Waals surface area contributed by atoms with Gasteiger partial charge in [-0.15, -0.1) is 0 Å². The molecule has 82 valence electrons. The number of H-pyrrole nitrogens is 1. The Balaban J connectivity index is 3.12. The Labute approximate surface area is 89.6 Å². The molecule has 0 unspecified atom stereocenters. The Morgan fingerprint density at radius 3 is 2.60 bits per heavy atom. The summed E-state index contributed by atoms with van der Waals surface area (Å²) in [5.41, 5.74) is 7.47. The van der Waals surface area contributed by atoms with Gasteiger partial charge in [-0.3, -0.25) is 4.79 Å². The summed E-state index contributed by atoms with van der Waals surface area (Å²) in [5.74, 6) is -0.141. The predicted molar refractivity (Wildman–Crippen MR) is 60.1 cm³/mol. The van der Waals surface area contributed by atoms with Crippen LogP contribution in [0.4, 0.5) is 0 Å². The fourth-order valence-corrected chi connectivity index (χ4v) is 1.26. The van der Waals surface area contributed by atoms with Crippen LogP contribution in [0.15, 0.2) is 12.0 Å². The van der Waals surface area contributed by atoms with Crippen molar-refractivity contribution in [2.24, 2.45) is 5.73 Å². The number of hydrogen-bond donors (Lipinski definition) is 2. The predicted octanol–water partition coefficient (Wildman–Crippen LogP) is 1.60. The largest absolute Gasteiger partial charge is 0.396 e. The van der Waals surface area contributed by atoms with Crippen LogP contribution in [-0.2, 0) is 10.2 Å². The van der Waals surface area contributed by atoms with E-state index >= 15 is 0 Å². The Kier molecular flexibility index (Phi) is 2.98. The van der Waals surface area contributed by atoms with Crippen LogP contribution >= 0.6 is 0 Å². The van der Waals surface area contributed by atoms with Gasteiger partial charge in [0.1, 0.15) is 0 Å². The molecule has 0 bridgehead atoms. The van der Waals surface area contributed by atoms with E-state index in [1.807, 2.05) is 0 Å². The van der Waals surface area contributed by atoms with Gasteiger partial charge in [-0.05, 0) is 6.08 Å². The van der Waals surface area contributed by atoms with Gasteiger partial charge in [-0.25, -0.2) is 4.98 Å². The van der Waals surface area contributed by atoms with Gasteiger partial charge in [0.05, 0.1) is 17.7 Å². The number of rotatable bonds is 2. The van der Waals surface area contributed by atoms with E-state index in [0.29, 0.717) is 0 Å². The number of nitrogens with one attached hydrogen (secondary N) is 1. The van der Waals surface area contributed by atoms with Crippen molar-refractivity contribution in [3.63, 3.8) is 0 Å². The van der Waals surface area contributed by atoms with Crippen LogP contribution in [0.2, 0.25) is 0 Å². The molecule has 3 N–H and O–H groups in total. The molecule has 0 amide bonds. The van der Waals surface area contributed by atoms with Gasteiger partial charge in [-0.1, -0.05) is 20.8 Å². The fourth-order valence-electron chi connectivity index (χ4n) is 1.26. The molecular weight excluding hydrogens is 190 g/mol. The fraction of sp³-hybridized carbons (Fsp3) is 0.455. The van der Waals surface area contributed by atoms with Gasteiger partial charge in [0.15, 0.2) is 5.78 Å². The average Bonchev–Trinajstić information content (AvgIpc) is 2.50. The molecule has 1 rings (SSSR count). The molecule has 1 aromatic rings. The van der Waals surface area contributed by atoms with Crippen molar-refractivity contribution in [3.8, 4) is 0 Å². The number of hydrogen-bond acceptors (Lipinski definition) is 3. The highest BCUT2D eigenvalue weighted by atomic mass is 16.1. The SMILES string of the molecule is CC(=O)/C(N)=C/c1nc[nH]c1C(C)(C)C. The van der Waals surface area contributed by atoms with E-state index in [1.165, 1.54) is 6.92 Å². The molecule has 0 spiro atoms. The Hall–Kier alpha value is -1.58. The first-order valence-electron chi connectivity index (χ1n) is 4.84. The number of aromatic nitrogens is 2. The maximum Gasteiger partial charge on any atom is 0.175 e. The van der Waals surface area contributed by atoms with Crippen molar-refractivity contribution < 1.29 is 4.79 Å². The molecule has 4 nitrogen and oxygen atoms in total. The number of aromatic amines is 1. The average molecular weight is 207 g/mol. The number of carbonyl (C=O) groups is 1. The third-order valence-electron chi connectivity index (χ3n) is 2.12. The van der Waals surface area contributed by atoms with Gasteiger partial charge in [0, 0.05) is 18.0 Å². The zero-order valence-corrected chi connectivity index (χ0v) is 9.59. The van der Waals surface area contributed by atoms with Crippen LogP contribution in [0.1, 0.15) is 39.1 Å². The molecule has 0 fully saturated rings. The summed E-state index contributed by atoms with van der Waals surface area (Å²) in [4.78, 5) is 18.2. The normalized spacial score (nSPS) is 12.9. The number of ketones is 1. The first kappa shape index (κ1) is 11.5. The number of Topliss-reactive ketones (excluding diaryl/α,β-unsaturated/α-hetero) is 1. The summed E-state index contributed by atoms with van der Waals surface area (Å²) in [5, 5.41) is 0. The third kappa shape index (κ3) is 2.68. The van der Waals surface area contributed by atoms with E-state index < -0.39 is 0 Å². The molecule has 15 heavy (non-hydrogen) atoms. The Morgan fingerprint density at radius 2 is 2.13 bits per heavy atom. The molecular formula is C11H17N3O. The molecule has 1 aromatic heterocycles. The van der Waals surface area contributed by atoms with Crippen LogP contribution < -0.4 is 5.73 Å². The van der Waals surface area contributed by atoms with Crippen molar-refractivity contribution >= 4 is 11.9 Å². The number of imidazole rings is 1. The summed E-state index contributed by atoms with van der Waals surface area (Å²) >= 11 is 0. The standard InChI is InChI=1S/C11H17N3O/c1-7(15)8(12)5-9-10(11(2,3)4)14-6-13-9/h5-6H,12H2,1-4H3,(H,13,14)/b8-5-. The zero-order valence-electron chi connectivity index (χ0n) is 9.59. The monoisotopic (exact) mass is 207 g/mol. The highest BCUT2D eigenvalue weighted by molar-refractivity contribution is 5.96. The van der Waals surface area contributed by atoms with Crippen molar-refractivity contribution in [1.82, 2.24) is 9.97 Å². The van der Waals surface area contributed by atoms with E-state index in [-0.39, 0.29) is 16.9 Å². The lowest BCUT2D eigenvalue weighted by Gasteiger charge is -2.17. The molecule has 0 aliphatic rings. The molecule has 0 radical (unpaired) electrons. The quantitative estimate of drug-likeness (QED) is 0.723. The minimum Gasteiger partial charge on any atom is -0.396 e. The van der Waals surface area contributed by atoms with Crippen molar-refractivity contribution in [3.05, 3.63) is 23.4 Å². The first-order chi connectivity index (χ1) is 6.82. The van der Waals surface area contributed by atoms with E-state index in [0.717, 1.165) is 11.4 Å². The van der Waals surface area contributed by atoms with E-state index in [2.05, 4.69) is 30.7 Å². The lowest BCUT2D eigenvalue weighted by molar-refractivity contribution is -0.113. The minimum atomic E-state index is -0.141. The number of carbonyl (C=O) groups excluding carboxylic acids is 1. The summed E-state index contributed by atoms with van der Waals surface area (Å²) < 4.78 is 0. The van der Waals surface area contributed by atoms with Gasteiger partial charge in [-0.2, -0.15) is 0 Å². The highest BCUT2D eigenvalue weighted by Gasteiger charge is 2.19. The number of allylic oxidation sites excluding steroid dienone is 1. The van der Waals surface area contributed by atoms with Gasteiger partial charge in [0.25, 0.3) is 0 Å². The summed E-state index contributed by atoms with van der Waals surface area (Å²) in [6.45, 7) is 7.65. The molecule has 0 aliphatic carbocycles. The summed E-state index contributed by atoms with van der Waals surface area (Å²) in [6, 6.07) is 0. The van der Waals surface area contributed by atoms with E-state index in [4.69, 9.17) is 5.73 Å². The lowest BCUT2D eigenvalue weighted by atomic mass is 9.90. The first-order valence-corrected chi connectivity index (χ1v) is 4.84. The lowest BCUT2D eigenvalue weighted by Crippen LogP contribution is -2.14. The van der Waals surface area contributed by atoms with Gasteiger partial charge in [0.2, 0.25) is 0 Å². The van der Waals surface area contributed by atoms with E-state index in [1.54, 1.807) is 12.4 Å². The highest BCUT2D eigenvalue weighted by Crippen LogP contribution is 2.23. The van der Waals surface area contributed by atoms with Gasteiger partial charge >= 0.3 is 0 Å². The van der Waals surface area contributed by atoms with Crippen LogP contribution in [0.25, 0.3) is 6.08 Å². The van der Waals surface area contributed by atoms with Crippen LogP contribution in [-0.4, -0.2) is 15.8 Å². The van der Waals surface area contributed by atoms with Gasteiger partial charge < -0.3 is 10.7 Å². The summed E-state index contributed by atoms with van der Waals surface area (Å²) in [6.07, 6.45) is 3.22. The summed E-state index contributed by atoms with van der Waals surface area (Å²) in [7, 11) is 0. The second-order valence-electron chi connectivity index (χ2n) is 4.57. The van der Waals surface area contributed by atoms with Crippen molar-refractivity contribution in [2.75, 3.05) is 0 Å². The van der Waals surface area contributed by atoms with Crippen LogP contribution in [0.5, 0.6) is 0 Å². The van der Waals surface area contributed by atoms with Crippen LogP contribution in [0, 0.1) is 0 Å². The Morgan fingerprint density at radius 1 is 1.53 bits per heavy atom. The van der Waals surface area contributed by atoms with Crippen molar-refractivity contribution in [2.45, 2.75) is 33.1 Å². The molecule has 4 heteroatoms. The number of nitrogens with zero attached hydrogens (tertiary/aromatic N) is 1. The molecule has 0 saturated carbocycles. The Bertz CT molecular complexity index is 396. The maximum atomic E-state index is 11.0. The topological polar surface area (TPSA) is 71.8 Å². The minimum absolute atomic E-state index is 0.0423. The molecule has 0 aliphatic heterocycles. The zero-order chi connectivity index (χ0) is 11.6. The van der Waals surface area contributed by atoms with Crippen molar-refractivity contribution in [1.29, 1.82) is 0 Å². The molecule has 1 heterocycles.